The lowest BCUT2D eigenvalue weighted by Gasteiger charge is -2.32. The number of para-hydroxylation sites is 8. The predicted molar refractivity (Wildman–Crippen MR) is 490 cm³/mol. The van der Waals surface area contributed by atoms with Crippen LogP contribution in [-0.2, 0) is 9.31 Å². The minimum absolute atomic E-state index is 0.221. The van der Waals surface area contributed by atoms with Gasteiger partial charge in [0.1, 0.15) is 21.7 Å². The minimum Gasteiger partial charge on any atom is -0.423 e. The van der Waals surface area contributed by atoms with Crippen LogP contribution in [0.2, 0.25) is 35.2 Å². The van der Waals surface area contributed by atoms with E-state index >= 15 is 0 Å². The molecule has 0 amide bonds. The lowest BCUT2D eigenvalue weighted by molar-refractivity contribution is 0.00578. The van der Waals surface area contributed by atoms with Gasteiger partial charge in [0.05, 0.1) is 99.2 Å². The summed E-state index contributed by atoms with van der Waals surface area (Å²) in [6.45, 7) is 8.30. The van der Waals surface area contributed by atoms with E-state index < -0.39 is 14.2 Å². The topological polar surface area (TPSA) is 273 Å². The van der Waals surface area contributed by atoms with Gasteiger partial charge in [0.25, 0.3) is 0 Å². The molecule has 10 aromatic heterocycles. The van der Waals surface area contributed by atoms with Crippen LogP contribution in [0.1, 0.15) is 48.4 Å². The van der Waals surface area contributed by atoms with E-state index in [0.29, 0.717) is 73.5 Å². The Morgan fingerprint density at radius 1 is 0.429 bits per heavy atom. The fourth-order valence-corrected chi connectivity index (χ4v) is 14.8. The highest BCUT2D eigenvalue weighted by molar-refractivity contribution is 9.10. The van der Waals surface area contributed by atoms with Crippen LogP contribution in [0, 0.1) is 0 Å². The van der Waals surface area contributed by atoms with E-state index in [0.717, 1.165) is 129 Å². The van der Waals surface area contributed by atoms with Gasteiger partial charge in [-0.15, -0.1) is 0 Å². The number of pyridine rings is 7. The number of H-pyrrole nitrogens is 1. The maximum absolute atomic E-state index is 10.9. The Morgan fingerprint density at radius 2 is 0.874 bits per heavy atom. The van der Waals surface area contributed by atoms with E-state index in [4.69, 9.17) is 127 Å². The highest BCUT2D eigenvalue weighted by Gasteiger charge is 2.52. The predicted octanol–water partition coefficient (Wildman–Crippen LogP) is 22.0. The van der Waals surface area contributed by atoms with Crippen LogP contribution in [0.15, 0.2) is 284 Å². The molecule has 0 unspecified atom stereocenters. The lowest BCUT2D eigenvalue weighted by atomic mass is 9.78. The summed E-state index contributed by atoms with van der Waals surface area (Å²) in [4.78, 5) is 60.5. The third-order valence-electron chi connectivity index (χ3n) is 19.6. The third-order valence-corrected chi connectivity index (χ3v) is 22.3. The van der Waals surface area contributed by atoms with E-state index in [2.05, 4.69) is 137 Å². The summed E-state index contributed by atoms with van der Waals surface area (Å²) in [5, 5.41) is 25.4. The van der Waals surface area contributed by atoms with Gasteiger partial charge in [-0.3, -0.25) is 38.3 Å². The van der Waals surface area contributed by atoms with Gasteiger partial charge in [-0.1, -0.05) is 142 Å². The monoisotopic (exact) mass is 1770 g/mol. The van der Waals surface area contributed by atoms with E-state index in [9.17, 15) is 9.59 Å². The van der Waals surface area contributed by atoms with Crippen LogP contribution in [0.4, 0.5) is 11.4 Å². The van der Waals surface area contributed by atoms with Crippen LogP contribution in [0.5, 0.6) is 0 Å². The van der Waals surface area contributed by atoms with Crippen molar-refractivity contribution in [3.8, 4) is 33.9 Å². The zero-order valence-corrected chi connectivity index (χ0v) is 70.4. The van der Waals surface area contributed by atoms with Crippen molar-refractivity contribution in [2.75, 3.05) is 11.5 Å². The number of aromatic amines is 1. The average molecular weight is 1780 g/mol. The van der Waals surface area contributed by atoms with Crippen LogP contribution >= 0.6 is 97.1 Å². The number of hydrogen-bond acceptors (Lipinski definition) is 16. The Kier molecular flexibility index (Phi) is 26.0. The zero-order valence-electron chi connectivity index (χ0n) is 63.5. The van der Waals surface area contributed by atoms with Crippen molar-refractivity contribution in [1.82, 2.24) is 53.7 Å². The molecule has 0 spiro atoms. The number of nitrogen functional groups attached to an aromatic ring is 2. The largest absolute Gasteiger partial charge is 0.494 e. The quantitative estimate of drug-likeness (QED) is 0.0326. The smallest absolute Gasteiger partial charge is 0.423 e. The van der Waals surface area contributed by atoms with Crippen LogP contribution in [0.25, 0.3) is 122 Å². The Morgan fingerprint density at radius 3 is 1.40 bits per heavy atom. The molecule has 29 heteroatoms. The molecule has 1 fully saturated rings. The van der Waals surface area contributed by atoms with Gasteiger partial charge in [0.15, 0.2) is 12.6 Å². The highest BCUT2D eigenvalue weighted by Crippen LogP contribution is 2.40. The second-order valence-electron chi connectivity index (χ2n) is 27.8. The van der Waals surface area contributed by atoms with E-state index in [1.54, 1.807) is 91.4 Å². The van der Waals surface area contributed by atoms with Crippen LogP contribution in [-0.4, -0.2) is 102 Å². The standard InChI is InChI=1S/C24H22BN3O2.C18H11Cl2N3.C18H10ClN3.C12H7Cl2NO.C6H5BCl2O2.C6H4BrNO.C6H8N2/c1-23(2)24(3,4)30-25(29-23)15-11-12-19-17(14-15)21-16(8-7-13-26-21)22-27-18-9-5-6-10-20(18)28(19)22;19-11-7-8-14(20)13(10-11)17-12(4-3-9-21-17)18-22-15-5-1-2-6-16(15)23-18;19-11-7-8-15-13(10-11)17-12(4-3-9-20-17)18-21-14-5-1-2-6-16(14)22(15)18;13-9-3-4-11(14)10(6-9)12-8(7-16)2-1-5-15-12;8-4-1-2-6(9)5(3-4)7(10)11;7-6-5(4-9)2-1-3-8-6;7-5-3-1-2-4-6(5)8/h5-14H,1-4H3;1-10H,(H,22,23);1-10H;1-7H;1-3,10-11H;1-4H;1-4H,7-8H2. The summed E-state index contributed by atoms with van der Waals surface area (Å²) < 4.78 is 17.6. The fourth-order valence-electron chi connectivity index (χ4n) is 13.2. The number of nitrogens with two attached hydrogens (primary N) is 2. The zero-order chi connectivity index (χ0) is 83.8. The number of nitrogens with one attached hydrogen (secondary N) is 1. The lowest BCUT2D eigenvalue weighted by Crippen LogP contribution is -2.41. The molecule has 0 radical (unpaired) electrons. The summed E-state index contributed by atoms with van der Waals surface area (Å²) >= 11 is 44.9. The van der Waals surface area contributed by atoms with Gasteiger partial charge in [-0.05, 0) is 237 Å². The van der Waals surface area contributed by atoms with E-state index in [-0.39, 0.29) is 16.7 Å². The summed E-state index contributed by atoms with van der Waals surface area (Å²) in [6, 6.07) is 77.5. The fraction of sp³-hybridized carbons (Fsp3) is 0.0667. The first-order valence-electron chi connectivity index (χ1n) is 36.7. The summed E-state index contributed by atoms with van der Waals surface area (Å²) in [5.41, 5.74) is 29.2. The molecule has 20 rings (SSSR count). The van der Waals surface area contributed by atoms with Crippen LogP contribution in [0.3, 0.4) is 0 Å². The van der Waals surface area contributed by atoms with Crippen molar-refractivity contribution in [3.05, 3.63) is 331 Å². The Labute approximate surface area is 725 Å². The van der Waals surface area contributed by atoms with Gasteiger partial charge in [0.2, 0.25) is 0 Å². The van der Waals surface area contributed by atoms with Crippen molar-refractivity contribution in [2.45, 2.75) is 38.9 Å². The van der Waals surface area contributed by atoms with E-state index in [1.165, 1.54) is 12.1 Å². The molecule has 19 aromatic rings. The molecule has 7 N–H and O–H groups in total. The number of carbonyl (C=O) groups excluding carboxylic acids is 2. The Bertz CT molecular complexity index is 6950. The molecule has 0 bridgehead atoms. The number of rotatable bonds is 7. The van der Waals surface area contributed by atoms with Crippen molar-refractivity contribution < 1.29 is 28.9 Å². The second-order valence-corrected chi connectivity index (χ2v) is 31.5. The highest BCUT2D eigenvalue weighted by atomic mass is 79.9. The van der Waals surface area contributed by atoms with Gasteiger partial charge >= 0.3 is 14.2 Å². The number of nitrogens with zero attached hydrogens (tertiary/aromatic N) is 10. The normalized spacial score (nSPS) is 12.5. The SMILES string of the molecule is CC1(C)OB(c2ccc3c(c2)c2ncccc2c2nc4ccccc4n32)OC1(C)C.Clc1ccc(Cl)c(-c2ncccc2-c2nc3ccccc3[nH]2)c1.Clc1ccc2c(c1)c1ncccc1c1nc3ccccc3n21.Nc1ccccc1N.O=Cc1cccnc1-c1cc(Cl)ccc1Cl.O=Cc1cccnc1Br.OB(O)c1cc(Cl)ccc1Cl. The number of aromatic nitrogens is 11. The van der Waals surface area contributed by atoms with Gasteiger partial charge in [-0.25, -0.2) is 19.9 Å². The van der Waals surface area contributed by atoms with Crippen molar-refractivity contribution in [2.24, 2.45) is 0 Å². The maximum atomic E-state index is 10.9. The third kappa shape index (κ3) is 18.4. The second kappa shape index (κ2) is 36.8. The number of halogens is 8. The first-order chi connectivity index (χ1) is 57.4. The molecule has 0 atom stereocenters. The average Bonchev–Trinajstić information content (AvgIpc) is 1.59. The molecule has 0 aliphatic carbocycles. The van der Waals surface area contributed by atoms with Gasteiger partial charge in [-0.2, -0.15) is 0 Å². The molecule has 119 heavy (non-hydrogen) atoms. The summed E-state index contributed by atoms with van der Waals surface area (Å²) in [6.07, 6.45) is 10.1. The van der Waals surface area contributed by atoms with Crippen LogP contribution < -0.4 is 22.4 Å². The Hall–Kier alpha value is -11.4. The first-order valence-corrected chi connectivity index (χ1v) is 40.2. The maximum Gasteiger partial charge on any atom is 0.494 e. The molecule has 1 aliphatic heterocycles. The number of anilines is 2. The number of imidazole rings is 3. The molecule has 19 nitrogen and oxygen atoms in total. The molecule has 1 aliphatic rings. The van der Waals surface area contributed by atoms with Crippen molar-refractivity contribution in [3.63, 3.8) is 0 Å². The molecular weight excluding hydrogens is 1710 g/mol. The molecule has 11 heterocycles. The molecular formula is C90H67B2BrCl7N13O6. The number of benzene rings is 9. The van der Waals surface area contributed by atoms with E-state index in [1.807, 2.05) is 122 Å². The van der Waals surface area contributed by atoms with Gasteiger partial charge in [0, 0.05) is 111 Å². The molecule has 9 aromatic carbocycles. The molecule has 590 valence electrons. The minimum atomic E-state index is -1.57. The molecule has 0 saturated carbocycles. The number of hydrogen-bond donors (Lipinski definition) is 5. The van der Waals surface area contributed by atoms with Crippen molar-refractivity contribution in [1.29, 1.82) is 0 Å². The number of carbonyl (C=O) groups is 2. The van der Waals surface area contributed by atoms with Gasteiger partial charge < -0.3 is 35.8 Å². The summed E-state index contributed by atoms with van der Waals surface area (Å²) in [5.74, 6) is 0.755. The summed E-state index contributed by atoms with van der Waals surface area (Å²) in [7, 11) is -1.98. The Balaban J connectivity index is 0.000000119. The number of aldehydes is 2. The number of fused-ring (bicyclic) bond motifs is 17. The molecule has 1 saturated heterocycles. The first kappa shape index (κ1) is 84.0. The van der Waals surface area contributed by atoms with Crippen molar-refractivity contribution >= 4 is 234 Å².